The van der Waals surface area contributed by atoms with E-state index in [2.05, 4.69) is 15.7 Å². The molecule has 0 saturated heterocycles. The van der Waals surface area contributed by atoms with Gasteiger partial charge in [-0.25, -0.2) is 4.79 Å². The molecule has 0 fully saturated rings. The molecule has 128 valence electrons. The maximum Gasteiger partial charge on any atom is 0.338 e. The van der Waals surface area contributed by atoms with Crippen LogP contribution in [-0.4, -0.2) is 34.8 Å². The normalized spacial score (nSPS) is 10.4. The number of rotatable bonds is 5. The summed E-state index contributed by atoms with van der Waals surface area (Å²) < 4.78 is 0. The molecule has 8 nitrogen and oxygen atoms in total. The minimum absolute atomic E-state index is 0.185. The van der Waals surface area contributed by atoms with Crippen LogP contribution in [0.5, 0.6) is 11.5 Å². The van der Waals surface area contributed by atoms with Crippen LogP contribution in [0.25, 0.3) is 0 Å². The Morgan fingerprint density at radius 1 is 1.20 bits per heavy atom. The Morgan fingerprint density at radius 3 is 2.56 bits per heavy atom. The summed E-state index contributed by atoms with van der Waals surface area (Å²) in [6.07, 6.45) is 0.486. The predicted molar refractivity (Wildman–Crippen MR) is 90.3 cm³/mol. The van der Waals surface area contributed by atoms with E-state index >= 15 is 0 Å². The number of hydrogen-bond acceptors (Lipinski definition) is 6. The first kappa shape index (κ1) is 17.7. The van der Waals surface area contributed by atoms with Gasteiger partial charge in [0.1, 0.15) is 0 Å². The number of phenols is 2. The fourth-order valence-corrected chi connectivity index (χ4v) is 1.91. The van der Waals surface area contributed by atoms with Crippen molar-refractivity contribution < 1.29 is 15.0 Å². The van der Waals surface area contributed by atoms with Crippen LogP contribution in [0.15, 0.2) is 52.8 Å². The van der Waals surface area contributed by atoms with Crippen molar-refractivity contribution in [3.63, 3.8) is 0 Å². The third kappa shape index (κ3) is 5.21. The minimum atomic E-state index is -0.430. The second-order valence-corrected chi connectivity index (χ2v) is 5.18. The quantitative estimate of drug-likeness (QED) is 0.440. The van der Waals surface area contributed by atoms with Crippen LogP contribution in [0.2, 0.25) is 0 Å². The van der Waals surface area contributed by atoms with E-state index in [0.717, 1.165) is 10.6 Å². The molecule has 2 amide bonds. The molecule has 0 aromatic heterocycles. The Hall–Kier alpha value is -3.60. The number of nitrogens with zero attached hydrogens (tertiary/aromatic N) is 4. The molecule has 0 atom stereocenters. The highest BCUT2D eigenvalue weighted by Crippen LogP contribution is 2.24. The molecule has 0 spiro atoms. The van der Waals surface area contributed by atoms with Crippen LogP contribution in [0, 0.1) is 11.3 Å². The van der Waals surface area contributed by atoms with E-state index in [4.69, 9.17) is 5.26 Å². The second kappa shape index (κ2) is 8.31. The Morgan fingerprint density at radius 2 is 1.92 bits per heavy atom. The number of benzene rings is 2. The van der Waals surface area contributed by atoms with E-state index in [1.54, 1.807) is 30.3 Å². The molecule has 2 rings (SSSR count). The van der Waals surface area contributed by atoms with E-state index in [1.165, 1.54) is 19.2 Å². The van der Waals surface area contributed by atoms with Gasteiger partial charge in [0.2, 0.25) is 0 Å². The van der Waals surface area contributed by atoms with Crippen molar-refractivity contribution in [2.45, 2.75) is 6.42 Å². The lowest BCUT2D eigenvalue weighted by atomic mass is 10.1. The van der Waals surface area contributed by atoms with Crippen molar-refractivity contribution in [1.82, 2.24) is 10.3 Å². The van der Waals surface area contributed by atoms with Crippen molar-refractivity contribution in [3.05, 3.63) is 53.6 Å². The molecule has 0 bridgehead atoms. The summed E-state index contributed by atoms with van der Waals surface area (Å²) in [5.74, 6) is -0.382. The Kier molecular flexibility index (Phi) is 5.90. The zero-order valence-electron chi connectivity index (χ0n) is 13.5. The molecule has 8 heteroatoms. The van der Waals surface area contributed by atoms with E-state index in [9.17, 15) is 15.0 Å². The van der Waals surface area contributed by atoms with Gasteiger partial charge in [0.25, 0.3) is 0 Å². The Bertz CT molecular complexity index is 812. The lowest BCUT2D eigenvalue weighted by molar-refractivity contribution is 0.208. The number of aromatic hydroxyl groups is 2. The van der Waals surface area contributed by atoms with E-state index in [1.807, 2.05) is 6.07 Å². The van der Waals surface area contributed by atoms with Gasteiger partial charge >= 0.3 is 6.03 Å². The molecule has 3 N–H and O–H groups in total. The van der Waals surface area contributed by atoms with Gasteiger partial charge in [-0.15, -0.1) is 5.11 Å². The summed E-state index contributed by atoms with van der Waals surface area (Å²) in [5.41, 5.74) is 1.82. The molecule has 0 heterocycles. The van der Waals surface area contributed by atoms with Crippen molar-refractivity contribution >= 4 is 11.7 Å². The van der Waals surface area contributed by atoms with Crippen molar-refractivity contribution in [1.29, 1.82) is 5.26 Å². The van der Waals surface area contributed by atoms with Gasteiger partial charge < -0.3 is 15.5 Å². The lowest BCUT2D eigenvalue weighted by Crippen LogP contribution is -2.34. The molecule has 0 saturated carbocycles. The number of nitrogens with one attached hydrogen (secondary N) is 1. The number of carbonyl (C=O) groups excluding carboxylic acids is 1. The highest BCUT2D eigenvalue weighted by atomic mass is 16.3. The van der Waals surface area contributed by atoms with Crippen molar-refractivity contribution in [2.24, 2.45) is 10.3 Å². The van der Waals surface area contributed by atoms with E-state index in [0.29, 0.717) is 24.2 Å². The molecular formula is C17H17N5O3. The fourth-order valence-electron chi connectivity index (χ4n) is 1.91. The van der Waals surface area contributed by atoms with Crippen LogP contribution in [0.1, 0.15) is 11.1 Å². The summed E-state index contributed by atoms with van der Waals surface area (Å²) >= 11 is 0. The lowest BCUT2D eigenvalue weighted by Gasteiger charge is -2.11. The SMILES string of the molecule is CN(N=Nc1ccc(C#N)cc1)C(=O)NCCc1ccc(O)c(O)c1. The average Bonchev–Trinajstić information content (AvgIpc) is 2.63. The number of phenolic OH excluding ortho intramolecular Hbond substituents is 2. The third-order valence-electron chi connectivity index (χ3n) is 3.31. The summed E-state index contributed by atoms with van der Waals surface area (Å²) in [6.45, 7) is 0.333. The summed E-state index contributed by atoms with van der Waals surface area (Å²) in [6, 6.07) is 12.6. The molecule has 2 aromatic rings. The first-order valence-electron chi connectivity index (χ1n) is 7.44. The summed E-state index contributed by atoms with van der Waals surface area (Å²) in [5, 5.41) is 38.8. The molecule has 0 aliphatic rings. The minimum Gasteiger partial charge on any atom is -0.504 e. The molecule has 0 aliphatic carbocycles. The van der Waals surface area contributed by atoms with Gasteiger partial charge in [-0.2, -0.15) is 10.3 Å². The molecule has 2 aromatic carbocycles. The number of carbonyl (C=O) groups is 1. The molecule has 0 radical (unpaired) electrons. The molecule has 25 heavy (non-hydrogen) atoms. The maximum atomic E-state index is 11.9. The monoisotopic (exact) mass is 339 g/mol. The van der Waals surface area contributed by atoms with Gasteiger partial charge in [0.15, 0.2) is 11.5 Å². The summed E-state index contributed by atoms with van der Waals surface area (Å²) in [7, 11) is 1.47. The Labute approximate surface area is 144 Å². The predicted octanol–water partition coefficient (Wildman–Crippen LogP) is 2.85. The number of hydrogen-bond donors (Lipinski definition) is 3. The zero-order valence-corrected chi connectivity index (χ0v) is 13.5. The highest BCUT2D eigenvalue weighted by molar-refractivity contribution is 5.73. The molecule has 0 unspecified atom stereocenters. The van der Waals surface area contributed by atoms with Gasteiger partial charge in [-0.1, -0.05) is 11.3 Å². The molecular weight excluding hydrogens is 322 g/mol. The van der Waals surface area contributed by atoms with Gasteiger partial charge in [0.05, 0.1) is 17.3 Å². The van der Waals surface area contributed by atoms with Crippen LogP contribution in [-0.2, 0) is 6.42 Å². The number of nitriles is 1. The van der Waals surface area contributed by atoms with E-state index in [-0.39, 0.29) is 11.5 Å². The van der Waals surface area contributed by atoms with Gasteiger partial charge in [-0.3, -0.25) is 0 Å². The van der Waals surface area contributed by atoms with Crippen molar-refractivity contribution in [2.75, 3.05) is 13.6 Å². The Balaban J connectivity index is 1.82. The van der Waals surface area contributed by atoms with Crippen LogP contribution < -0.4 is 5.32 Å². The van der Waals surface area contributed by atoms with Crippen LogP contribution in [0.4, 0.5) is 10.5 Å². The maximum absolute atomic E-state index is 11.9. The number of amides is 2. The van der Waals surface area contributed by atoms with Gasteiger partial charge in [-0.05, 0) is 48.4 Å². The fraction of sp³-hybridized carbons (Fsp3) is 0.176. The van der Waals surface area contributed by atoms with E-state index < -0.39 is 6.03 Å². The molecule has 0 aliphatic heterocycles. The second-order valence-electron chi connectivity index (χ2n) is 5.18. The highest BCUT2D eigenvalue weighted by Gasteiger charge is 2.07. The largest absolute Gasteiger partial charge is 0.504 e. The van der Waals surface area contributed by atoms with Gasteiger partial charge in [0, 0.05) is 13.6 Å². The smallest absolute Gasteiger partial charge is 0.338 e. The first-order chi connectivity index (χ1) is 12.0. The third-order valence-corrected chi connectivity index (χ3v) is 3.31. The number of urea groups is 1. The topological polar surface area (TPSA) is 121 Å². The summed E-state index contributed by atoms with van der Waals surface area (Å²) in [4.78, 5) is 11.9. The van der Waals surface area contributed by atoms with Crippen molar-refractivity contribution in [3.8, 4) is 17.6 Å². The zero-order chi connectivity index (χ0) is 18.2. The standard InChI is InChI=1S/C17H17N5O3/c1-22(21-20-14-5-2-13(11-18)3-6-14)17(25)19-9-8-12-4-7-15(23)16(24)10-12/h2-7,10,23-24H,8-9H2,1H3,(H,19,25). The first-order valence-corrected chi connectivity index (χ1v) is 7.44. The van der Waals surface area contributed by atoms with Crippen LogP contribution in [0.3, 0.4) is 0 Å². The average molecular weight is 339 g/mol. The van der Waals surface area contributed by atoms with Crippen LogP contribution >= 0.6 is 0 Å².